The van der Waals surface area contributed by atoms with Crippen LogP contribution in [0.4, 0.5) is 11.8 Å². The molecule has 1 aromatic heterocycles. The van der Waals surface area contributed by atoms with E-state index in [1.807, 2.05) is 54.6 Å². The molecule has 160 valence electrons. The molecule has 2 N–H and O–H groups in total. The summed E-state index contributed by atoms with van der Waals surface area (Å²) in [6.45, 7) is 4.85. The third-order valence-corrected chi connectivity index (χ3v) is 5.40. The van der Waals surface area contributed by atoms with Crippen LogP contribution in [0.3, 0.4) is 0 Å². The fraction of sp³-hybridized carbons (Fsp3) is 0.292. The fourth-order valence-corrected chi connectivity index (χ4v) is 3.78. The molecule has 0 aliphatic carbocycles. The maximum absolute atomic E-state index is 6.01. The van der Waals surface area contributed by atoms with Crippen molar-refractivity contribution < 1.29 is 4.74 Å². The standard InChI is InChI=1S/C24H27N5OS/c1-18-9-8-14-29(17-18)21-15-22(30-20-12-6-3-7-13-20)27-23(26-21)28-24(31)25-16-19-10-4-2-5-11-19/h2-7,10-13,15,18H,8-9,14,16-17H2,1H3,(H2,25,26,27,28,31). The number of hydrogen-bond acceptors (Lipinski definition) is 5. The van der Waals surface area contributed by atoms with E-state index in [4.69, 9.17) is 21.9 Å². The molecule has 0 bridgehead atoms. The van der Waals surface area contributed by atoms with Crippen LogP contribution < -0.4 is 20.3 Å². The van der Waals surface area contributed by atoms with Gasteiger partial charge in [0.05, 0.1) is 0 Å². The van der Waals surface area contributed by atoms with E-state index in [2.05, 4.69) is 39.6 Å². The Labute approximate surface area is 188 Å². The van der Waals surface area contributed by atoms with Crippen molar-refractivity contribution in [2.45, 2.75) is 26.3 Å². The third kappa shape index (κ3) is 6.15. The first-order chi connectivity index (χ1) is 15.2. The number of ether oxygens (including phenoxy) is 1. The summed E-state index contributed by atoms with van der Waals surface area (Å²) in [4.78, 5) is 11.6. The number of piperidine rings is 1. The topological polar surface area (TPSA) is 62.3 Å². The molecule has 4 rings (SSSR count). The minimum absolute atomic E-state index is 0.423. The van der Waals surface area contributed by atoms with Crippen LogP contribution in [0.2, 0.25) is 0 Å². The summed E-state index contributed by atoms with van der Waals surface area (Å²) in [6.07, 6.45) is 2.40. The second-order valence-corrected chi connectivity index (χ2v) is 8.20. The number of thiocarbonyl (C=S) groups is 1. The van der Waals surface area contributed by atoms with Crippen molar-refractivity contribution in [2.75, 3.05) is 23.3 Å². The normalized spacial score (nSPS) is 15.9. The van der Waals surface area contributed by atoms with Gasteiger partial charge in [-0.2, -0.15) is 9.97 Å². The summed E-state index contributed by atoms with van der Waals surface area (Å²) in [5, 5.41) is 6.80. The Bertz CT molecular complexity index is 999. The molecule has 7 heteroatoms. The third-order valence-electron chi connectivity index (χ3n) is 5.16. The minimum atomic E-state index is 0.423. The highest BCUT2D eigenvalue weighted by atomic mass is 32.1. The van der Waals surface area contributed by atoms with E-state index in [1.165, 1.54) is 6.42 Å². The zero-order valence-electron chi connectivity index (χ0n) is 17.6. The van der Waals surface area contributed by atoms with E-state index in [0.29, 0.717) is 29.4 Å². The molecule has 1 aliphatic rings. The predicted molar refractivity (Wildman–Crippen MR) is 129 cm³/mol. The molecule has 1 atom stereocenters. The highest BCUT2D eigenvalue weighted by Crippen LogP contribution is 2.27. The second-order valence-electron chi connectivity index (χ2n) is 7.79. The van der Waals surface area contributed by atoms with E-state index in [1.54, 1.807) is 0 Å². The Morgan fingerprint density at radius 2 is 1.84 bits per heavy atom. The molecule has 0 radical (unpaired) electrons. The van der Waals surface area contributed by atoms with Gasteiger partial charge in [0.2, 0.25) is 11.8 Å². The van der Waals surface area contributed by atoms with E-state index in [9.17, 15) is 0 Å². The van der Waals surface area contributed by atoms with Crippen molar-refractivity contribution >= 4 is 29.1 Å². The van der Waals surface area contributed by atoms with Gasteiger partial charge in [0.15, 0.2) is 5.11 Å². The number of benzene rings is 2. The van der Waals surface area contributed by atoms with Gasteiger partial charge < -0.3 is 20.3 Å². The SMILES string of the molecule is CC1CCCN(c2cc(Oc3ccccc3)nc(NC(=S)NCc3ccccc3)n2)C1. The van der Waals surface area contributed by atoms with Crippen molar-refractivity contribution in [1.29, 1.82) is 0 Å². The maximum atomic E-state index is 6.01. The summed E-state index contributed by atoms with van der Waals surface area (Å²) in [6, 6.07) is 21.7. The van der Waals surface area contributed by atoms with Gasteiger partial charge in [0, 0.05) is 25.7 Å². The van der Waals surface area contributed by atoms with Gasteiger partial charge in [0.1, 0.15) is 11.6 Å². The molecule has 2 aromatic carbocycles. The van der Waals surface area contributed by atoms with Gasteiger partial charge >= 0.3 is 0 Å². The van der Waals surface area contributed by atoms with E-state index >= 15 is 0 Å². The lowest BCUT2D eigenvalue weighted by atomic mass is 10.0. The van der Waals surface area contributed by atoms with Crippen molar-refractivity contribution in [3.8, 4) is 11.6 Å². The summed E-state index contributed by atoms with van der Waals surface area (Å²) >= 11 is 5.47. The zero-order valence-corrected chi connectivity index (χ0v) is 18.4. The van der Waals surface area contributed by atoms with Crippen LogP contribution in [-0.2, 0) is 6.54 Å². The van der Waals surface area contributed by atoms with Gasteiger partial charge in [0.25, 0.3) is 0 Å². The first kappa shape index (κ1) is 21.1. The quantitative estimate of drug-likeness (QED) is 0.531. The maximum Gasteiger partial charge on any atom is 0.234 e. The minimum Gasteiger partial charge on any atom is -0.439 e. The van der Waals surface area contributed by atoms with Crippen molar-refractivity contribution in [3.05, 3.63) is 72.3 Å². The highest BCUT2D eigenvalue weighted by molar-refractivity contribution is 7.80. The number of nitrogens with one attached hydrogen (secondary N) is 2. The first-order valence-corrected chi connectivity index (χ1v) is 11.0. The molecule has 2 heterocycles. The number of nitrogens with zero attached hydrogens (tertiary/aromatic N) is 3. The van der Waals surface area contributed by atoms with Gasteiger partial charge in [-0.05, 0) is 48.7 Å². The molecule has 3 aromatic rings. The molecule has 0 spiro atoms. The number of anilines is 2. The van der Waals surface area contributed by atoms with Crippen molar-refractivity contribution in [1.82, 2.24) is 15.3 Å². The lowest BCUT2D eigenvalue weighted by Crippen LogP contribution is -2.35. The van der Waals surface area contributed by atoms with Gasteiger partial charge in [-0.15, -0.1) is 0 Å². The lowest BCUT2D eigenvalue weighted by Gasteiger charge is -2.32. The van der Waals surface area contributed by atoms with Crippen LogP contribution in [-0.4, -0.2) is 28.2 Å². The van der Waals surface area contributed by atoms with Crippen molar-refractivity contribution in [2.24, 2.45) is 5.92 Å². The average molecular weight is 434 g/mol. The number of rotatable bonds is 6. The molecular formula is C24H27N5OS. The molecule has 1 aliphatic heterocycles. The highest BCUT2D eigenvalue weighted by Gasteiger charge is 2.20. The Morgan fingerprint density at radius 1 is 1.10 bits per heavy atom. The Kier molecular flexibility index (Phi) is 6.94. The molecule has 6 nitrogen and oxygen atoms in total. The monoisotopic (exact) mass is 433 g/mol. The predicted octanol–water partition coefficient (Wildman–Crippen LogP) is 4.99. The van der Waals surface area contributed by atoms with Crippen LogP contribution in [0.5, 0.6) is 11.6 Å². The van der Waals surface area contributed by atoms with Crippen LogP contribution in [0.25, 0.3) is 0 Å². The fourth-order valence-electron chi connectivity index (χ4n) is 3.61. The number of aromatic nitrogens is 2. The molecule has 1 saturated heterocycles. The van der Waals surface area contributed by atoms with Crippen LogP contribution in [0.1, 0.15) is 25.3 Å². The molecule has 1 fully saturated rings. The van der Waals surface area contributed by atoms with E-state index in [0.717, 1.165) is 36.6 Å². The Morgan fingerprint density at radius 3 is 2.58 bits per heavy atom. The van der Waals surface area contributed by atoms with E-state index in [-0.39, 0.29) is 0 Å². The summed E-state index contributed by atoms with van der Waals surface area (Å²) in [7, 11) is 0. The van der Waals surface area contributed by atoms with E-state index < -0.39 is 0 Å². The molecular weight excluding hydrogens is 406 g/mol. The second kappa shape index (κ2) is 10.2. The smallest absolute Gasteiger partial charge is 0.234 e. The molecule has 1 unspecified atom stereocenters. The van der Waals surface area contributed by atoms with Crippen LogP contribution in [0, 0.1) is 5.92 Å². The number of hydrogen-bond donors (Lipinski definition) is 2. The lowest BCUT2D eigenvalue weighted by molar-refractivity contribution is 0.440. The summed E-state index contributed by atoms with van der Waals surface area (Å²) < 4.78 is 6.01. The Hall–Kier alpha value is -3.19. The summed E-state index contributed by atoms with van der Waals surface area (Å²) in [5.74, 6) is 3.12. The molecule has 31 heavy (non-hydrogen) atoms. The van der Waals surface area contributed by atoms with Crippen LogP contribution in [0.15, 0.2) is 66.7 Å². The molecule has 0 amide bonds. The Balaban J connectivity index is 1.51. The number of para-hydroxylation sites is 1. The van der Waals surface area contributed by atoms with Gasteiger partial charge in [-0.25, -0.2) is 0 Å². The first-order valence-electron chi connectivity index (χ1n) is 10.6. The van der Waals surface area contributed by atoms with Crippen molar-refractivity contribution in [3.63, 3.8) is 0 Å². The van der Waals surface area contributed by atoms with Gasteiger partial charge in [-0.3, -0.25) is 0 Å². The summed E-state index contributed by atoms with van der Waals surface area (Å²) in [5.41, 5.74) is 1.15. The van der Waals surface area contributed by atoms with Crippen LogP contribution >= 0.6 is 12.2 Å². The molecule has 0 saturated carbocycles. The zero-order chi connectivity index (χ0) is 21.5. The van der Waals surface area contributed by atoms with Gasteiger partial charge in [-0.1, -0.05) is 55.5 Å². The average Bonchev–Trinajstić information content (AvgIpc) is 2.79. The largest absolute Gasteiger partial charge is 0.439 e.